The smallest absolute Gasteiger partial charge is 0.205 e. The van der Waals surface area contributed by atoms with Crippen molar-refractivity contribution in [1.29, 1.82) is 0 Å². The Morgan fingerprint density at radius 1 is 1.10 bits per heavy atom. The summed E-state index contributed by atoms with van der Waals surface area (Å²) in [7, 11) is 3.23. The van der Waals surface area contributed by atoms with Crippen LogP contribution in [0.2, 0.25) is 0 Å². The van der Waals surface area contributed by atoms with Gasteiger partial charge in [0.1, 0.15) is 11.7 Å². The Bertz CT molecular complexity index is 1140. The van der Waals surface area contributed by atoms with E-state index in [4.69, 9.17) is 14.5 Å². The number of tetrazole rings is 1. The van der Waals surface area contributed by atoms with Crippen molar-refractivity contribution >= 4 is 21.6 Å². The maximum atomic E-state index is 5.38. The summed E-state index contributed by atoms with van der Waals surface area (Å²) in [5.41, 5.74) is 1.90. The fourth-order valence-electron chi connectivity index (χ4n) is 3.86. The van der Waals surface area contributed by atoms with Gasteiger partial charge >= 0.3 is 0 Å². The lowest BCUT2D eigenvalue weighted by Crippen LogP contribution is -2.27. The summed E-state index contributed by atoms with van der Waals surface area (Å²) in [6.07, 6.45) is 2.23. The SMILES string of the molecule is COc1ccc(-c2nnn(CN3CCCC3c3nc4ccccc4s3)n2)cc1OC. The number of methoxy groups -OCH3 is 2. The summed E-state index contributed by atoms with van der Waals surface area (Å²) < 4.78 is 11.9. The molecule has 0 spiro atoms. The van der Waals surface area contributed by atoms with Gasteiger partial charge in [0.05, 0.1) is 30.5 Å². The van der Waals surface area contributed by atoms with E-state index < -0.39 is 0 Å². The number of nitrogens with zero attached hydrogens (tertiary/aromatic N) is 6. The molecule has 4 aromatic rings. The maximum Gasteiger partial charge on any atom is 0.205 e. The first-order valence-corrected chi connectivity index (χ1v) is 10.7. The second kappa shape index (κ2) is 8.00. The summed E-state index contributed by atoms with van der Waals surface area (Å²) >= 11 is 1.77. The Morgan fingerprint density at radius 2 is 1.97 bits per heavy atom. The molecule has 0 aliphatic carbocycles. The molecule has 154 valence electrons. The average molecular weight is 423 g/mol. The van der Waals surface area contributed by atoms with Crippen molar-refractivity contribution in [3.63, 3.8) is 0 Å². The van der Waals surface area contributed by atoms with E-state index >= 15 is 0 Å². The lowest BCUT2D eigenvalue weighted by Gasteiger charge is -2.21. The van der Waals surface area contributed by atoms with Gasteiger partial charge in [0.2, 0.25) is 5.82 Å². The first-order chi connectivity index (χ1) is 14.7. The Balaban J connectivity index is 1.35. The molecule has 2 aromatic carbocycles. The minimum Gasteiger partial charge on any atom is -0.493 e. The molecular weight excluding hydrogens is 400 g/mol. The molecule has 3 heterocycles. The number of thiazole rings is 1. The van der Waals surface area contributed by atoms with Gasteiger partial charge < -0.3 is 9.47 Å². The van der Waals surface area contributed by atoms with Crippen LogP contribution < -0.4 is 9.47 Å². The second-order valence-corrected chi connectivity index (χ2v) is 8.25. The largest absolute Gasteiger partial charge is 0.493 e. The molecule has 1 saturated heterocycles. The molecule has 0 saturated carbocycles. The van der Waals surface area contributed by atoms with Crippen LogP contribution in [0.1, 0.15) is 23.9 Å². The summed E-state index contributed by atoms with van der Waals surface area (Å²) in [5, 5.41) is 14.3. The molecule has 30 heavy (non-hydrogen) atoms. The molecule has 1 aliphatic heterocycles. The van der Waals surface area contributed by atoms with Gasteiger partial charge in [0.25, 0.3) is 0 Å². The van der Waals surface area contributed by atoms with Crippen LogP contribution in [0.25, 0.3) is 21.6 Å². The number of rotatable bonds is 6. The molecule has 0 amide bonds. The zero-order valence-electron chi connectivity index (χ0n) is 16.9. The number of benzene rings is 2. The van der Waals surface area contributed by atoms with Gasteiger partial charge in [-0.1, -0.05) is 12.1 Å². The molecule has 0 N–H and O–H groups in total. The lowest BCUT2D eigenvalue weighted by atomic mass is 10.2. The molecular formula is C21H22N6O2S. The molecule has 0 bridgehead atoms. The van der Waals surface area contributed by atoms with E-state index in [-0.39, 0.29) is 6.04 Å². The highest BCUT2D eigenvalue weighted by atomic mass is 32.1. The van der Waals surface area contributed by atoms with Crippen molar-refractivity contribution in [2.45, 2.75) is 25.6 Å². The van der Waals surface area contributed by atoms with Crippen LogP contribution in [0.15, 0.2) is 42.5 Å². The van der Waals surface area contributed by atoms with Crippen molar-refractivity contribution in [2.24, 2.45) is 0 Å². The number of hydrogen-bond acceptors (Lipinski definition) is 8. The zero-order chi connectivity index (χ0) is 20.5. The van der Waals surface area contributed by atoms with E-state index in [0.29, 0.717) is 24.0 Å². The second-order valence-electron chi connectivity index (χ2n) is 7.19. The van der Waals surface area contributed by atoms with Gasteiger partial charge in [-0.25, -0.2) is 4.98 Å². The van der Waals surface area contributed by atoms with Gasteiger partial charge in [-0.3, -0.25) is 4.90 Å². The van der Waals surface area contributed by atoms with E-state index in [1.165, 1.54) is 4.70 Å². The minimum atomic E-state index is 0.290. The Kier molecular flexibility index (Phi) is 5.06. The highest BCUT2D eigenvalue weighted by Crippen LogP contribution is 2.36. The van der Waals surface area contributed by atoms with Crippen LogP contribution in [-0.4, -0.2) is 50.9 Å². The fourth-order valence-corrected chi connectivity index (χ4v) is 5.00. The van der Waals surface area contributed by atoms with E-state index in [9.17, 15) is 0 Å². The first kappa shape index (κ1) is 19.0. The van der Waals surface area contributed by atoms with Gasteiger partial charge in [-0.05, 0) is 48.4 Å². The van der Waals surface area contributed by atoms with Crippen LogP contribution in [-0.2, 0) is 6.67 Å². The molecule has 1 aliphatic rings. The Hall–Kier alpha value is -3.04. The van der Waals surface area contributed by atoms with Crippen LogP contribution in [0.4, 0.5) is 0 Å². The van der Waals surface area contributed by atoms with E-state index in [1.807, 2.05) is 24.3 Å². The minimum absolute atomic E-state index is 0.290. The predicted molar refractivity (Wildman–Crippen MR) is 115 cm³/mol. The third-order valence-corrected chi connectivity index (χ3v) is 6.50. The average Bonchev–Trinajstić information content (AvgIpc) is 3.52. The molecule has 0 radical (unpaired) electrons. The van der Waals surface area contributed by atoms with Crippen molar-refractivity contribution in [3.05, 3.63) is 47.5 Å². The molecule has 9 heteroatoms. The number of para-hydroxylation sites is 1. The maximum absolute atomic E-state index is 5.38. The van der Waals surface area contributed by atoms with Crippen LogP contribution in [0, 0.1) is 0 Å². The number of likely N-dealkylation sites (tertiary alicyclic amines) is 1. The highest BCUT2D eigenvalue weighted by Gasteiger charge is 2.29. The summed E-state index contributed by atoms with van der Waals surface area (Å²) in [5.74, 6) is 1.87. The number of ether oxygens (including phenoxy) is 2. The van der Waals surface area contributed by atoms with E-state index in [1.54, 1.807) is 30.4 Å². The van der Waals surface area contributed by atoms with E-state index in [2.05, 4.69) is 38.5 Å². The third kappa shape index (κ3) is 3.50. The van der Waals surface area contributed by atoms with Gasteiger partial charge in [-0.2, -0.15) is 0 Å². The van der Waals surface area contributed by atoms with Crippen molar-refractivity contribution in [2.75, 3.05) is 20.8 Å². The third-order valence-electron chi connectivity index (χ3n) is 5.36. The number of hydrogen-bond donors (Lipinski definition) is 0. The molecule has 1 unspecified atom stereocenters. The Morgan fingerprint density at radius 3 is 2.80 bits per heavy atom. The van der Waals surface area contributed by atoms with Crippen LogP contribution in [0.5, 0.6) is 11.5 Å². The number of aromatic nitrogens is 5. The summed E-state index contributed by atoms with van der Waals surface area (Å²) in [6.45, 7) is 1.58. The van der Waals surface area contributed by atoms with Crippen molar-refractivity contribution in [3.8, 4) is 22.9 Å². The van der Waals surface area contributed by atoms with Gasteiger partial charge in [0.15, 0.2) is 11.5 Å². The van der Waals surface area contributed by atoms with Crippen LogP contribution >= 0.6 is 11.3 Å². The van der Waals surface area contributed by atoms with Crippen molar-refractivity contribution < 1.29 is 9.47 Å². The quantitative estimate of drug-likeness (QED) is 0.468. The molecule has 1 atom stereocenters. The molecule has 2 aromatic heterocycles. The van der Waals surface area contributed by atoms with E-state index in [0.717, 1.165) is 35.5 Å². The normalized spacial score (nSPS) is 16.9. The monoisotopic (exact) mass is 422 g/mol. The summed E-state index contributed by atoms with van der Waals surface area (Å²) in [4.78, 5) is 8.88. The lowest BCUT2D eigenvalue weighted by molar-refractivity contribution is 0.177. The summed E-state index contributed by atoms with van der Waals surface area (Å²) in [6, 6.07) is 14.2. The van der Waals surface area contributed by atoms with Gasteiger partial charge in [0, 0.05) is 12.1 Å². The van der Waals surface area contributed by atoms with Crippen LogP contribution in [0.3, 0.4) is 0 Å². The molecule has 8 nitrogen and oxygen atoms in total. The fraction of sp³-hybridized carbons (Fsp3) is 0.333. The Labute approximate surface area is 178 Å². The molecule has 1 fully saturated rings. The highest BCUT2D eigenvalue weighted by molar-refractivity contribution is 7.18. The predicted octanol–water partition coefficient (Wildman–Crippen LogP) is 3.76. The topological polar surface area (TPSA) is 78.2 Å². The number of fused-ring (bicyclic) bond motifs is 1. The van der Waals surface area contributed by atoms with Gasteiger partial charge in [-0.15, -0.1) is 26.3 Å². The molecule has 5 rings (SSSR count). The zero-order valence-corrected chi connectivity index (χ0v) is 17.7. The van der Waals surface area contributed by atoms with Crippen molar-refractivity contribution in [1.82, 2.24) is 30.1 Å². The first-order valence-electron chi connectivity index (χ1n) is 9.85. The standard InChI is InChI=1S/C21H22N6O2S/c1-28-17-10-9-14(12-18(17)29-2)20-23-25-27(24-20)13-26-11-5-7-16(26)21-22-15-6-3-4-8-19(15)30-21/h3-4,6,8-10,12,16H,5,7,11,13H2,1-2H3.